The molecule has 1 amide bonds. The van der Waals surface area contributed by atoms with Crippen LogP contribution in [0.25, 0.3) is 0 Å². The third kappa shape index (κ3) is 2.73. The van der Waals surface area contributed by atoms with E-state index >= 15 is 0 Å². The first-order chi connectivity index (χ1) is 9.19. The van der Waals surface area contributed by atoms with E-state index in [0.717, 1.165) is 30.7 Å². The molecular weight excluding hydrogens is 240 g/mol. The largest absolute Gasteiger partial charge is 0.496 e. The smallest absolute Gasteiger partial charge is 0.239 e. The number of para-hydroxylation sites is 1. The van der Waals surface area contributed by atoms with Gasteiger partial charge in [-0.05, 0) is 25.3 Å². The molecule has 1 aliphatic heterocycles. The zero-order valence-corrected chi connectivity index (χ0v) is 11.6. The third-order valence-electron chi connectivity index (χ3n) is 3.79. The molecule has 0 spiro atoms. The monoisotopic (exact) mass is 262 g/mol. The molecule has 1 fully saturated rings. The van der Waals surface area contributed by atoms with E-state index in [-0.39, 0.29) is 11.9 Å². The average Bonchev–Trinajstić information content (AvgIpc) is 2.94. The SMILES string of the molecule is CCC(N)C(=O)N1CCCC1c1ccccc1OC. The van der Waals surface area contributed by atoms with Crippen molar-refractivity contribution in [3.05, 3.63) is 29.8 Å². The summed E-state index contributed by atoms with van der Waals surface area (Å²) in [7, 11) is 1.66. The predicted octanol–water partition coefficient (Wildman–Crippen LogP) is 2.10. The Morgan fingerprint density at radius 2 is 2.26 bits per heavy atom. The van der Waals surface area contributed by atoms with E-state index in [4.69, 9.17) is 10.5 Å². The molecule has 1 saturated heterocycles. The number of carbonyl (C=O) groups excluding carboxylic acids is 1. The van der Waals surface area contributed by atoms with Gasteiger partial charge in [0.2, 0.25) is 5.91 Å². The fourth-order valence-electron chi connectivity index (χ4n) is 2.68. The van der Waals surface area contributed by atoms with Gasteiger partial charge in [-0.25, -0.2) is 0 Å². The molecule has 104 valence electrons. The molecule has 2 unspecified atom stereocenters. The summed E-state index contributed by atoms with van der Waals surface area (Å²) < 4.78 is 5.40. The van der Waals surface area contributed by atoms with Gasteiger partial charge in [0, 0.05) is 12.1 Å². The Kier molecular flexibility index (Phi) is 4.43. The lowest BCUT2D eigenvalue weighted by Crippen LogP contribution is -2.43. The van der Waals surface area contributed by atoms with Crippen LogP contribution in [-0.4, -0.2) is 30.5 Å². The zero-order chi connectivity index (χ0) is 13.8. The summed E-state index contributed by atoms with van der Waals surface area (Å²) in [6.45, 7) is 2.73. The second-order valence-corrected chi connectivity index (χ2v) is 4.95. The summed E-state index contributed by atoms with van der Waals surface area (Å²) in [6, 6.07) is 7.61. The van der Waals surface area contributed by atoms with E-state index in [1.165, 1.54) is 0 Å². The summed E-state index contributed by atoms with van der Waals surface area (Å²) in [6.07, 6.45) is 2.67. The summed E-state index contributed by atoms with van der Waals surface area (Å²) in [5.41, 5.74) is 6.97. The van der Waals surface area contributed by atoms with Gasteiger partial charge in [0.1, 0.15) is 5.75 Å². The number of nitrogens with two attached hydrogens (primary N) is 1. The standard InChI is InChI=1S/C15H22N2O2/c1-3-12(16)15(18)17-10-6-8-13(17)11-7-4-5-9-14(11)19-2/h4-5,7,9,12-13H,3,6,8,10,16H2,1-2H3. The van der Waals surface area contributed by atoms with Crippen molar-refractivity contribution in [1.82, 2.24) is 4.90 Å². The van der Waals surface area contributed by atoms with Crippen molar-refractivity contribution in [2.75, 3.05) is 13.7 Å². The minimum Gasteiger partial charge on any atom is -0.496 e. The lowest BCUT2D eigenvalue weighted by molar-refractivity contribution is -0.133. The Labute approximate surface area is 114 Å². The highest BCUT2D eigenvalue weighted by Gasteiger charge is 2.33. The number of nitrogens with zero attached hydrogens (tertiary/aromatic N) is 1. The highest BCUT2D eigenvalue weighted by molar-refractivity contribution is 5.82. The van der Waals surface area contributed by atoms with E-state index in [1.54, 1.807) is 7.11 Å². The third-order valence-corrected chi connectivity index (χ3v) is 3.79. The first-order valence-corrected chi connectivity index (χ1v) is 6.88. The van der Waals surface area contributed by atoms with E-state index in [2.05, 4.69) is 0 Å². The van der Waals surface area contributed by atoms with E-state index in [1.807, 2.05) is 36.1 Å². The molecule has 4 nitrogen and oxygen atoms in total. The predicted molar refractivity (Wildman–Crippen MR) is 74.9 cm³/mol. The van der Waals surface area contributed by atoms with Crippen LogP contribution in [-0.2, 0) is 4.79 Å². The minimum absolute atomic E-state index is 0.0518. The average molecular weight is 262 g/mol. The van der Waals surface area contributed by atoms with Crippen LogP contribution in [0.1, 0.15) is 37.8 Å². The number of likely N-dealkylation sites (tertiary alicyclic amines) is 1. The number of rotatable bonds is 4. The van der Waals surface area contributed by atoms with Crippen LogP contribution in [0.3, 0.4) is 0 Å². The number of hydrogen-bond acceptors (Lipinski definition) is 3. The summed E-state index contributed by atoms with van der Waals surface area (Å²) in [4.78, 5) is 14.2. The Morgan fingerprint density at radius 3 is 2.95 bits per heavy atom. The van der Waals surface area contributed by atoms with Gasteiger partial charge in [0.15, 0.2) is 0 Å². The fourth-order valence-corrected chi connectivity index (χ4v) is 2.68. The molecule has 2 N–H and O–H groups in total. The molecule has 1 aromatic carbocycles. The molecule has 1 aromatic rings. The number of hydrogen-bond donors (Lipinski definition) is 1. The molecule has 4 heteroatoms. The van der Waals surface area contributed by atoms with E-state index < -0.39 is 6.04 Å². The maximum Gasteiger partial charge on any atom is 0.239 e. The van der Waals surface area contributed by atoms with Gasteiger partial charge in [-0.2, -0.15) is 0 Å². The van der Waals surface area contributed by atoms with Crippen LogP contribution in [0.5, 0.6) is 5.75 Å². The van der Waals surface area contributed by atoms with Crippen LogP contribution >= 0.6 is 0 Å². The number of benzene rings is 1. The topological polar surface area (TPSA) is 55.6 Å². The van der Waals surface area contributed by atoms with Gasteiger partial charge in [-0.3, -0.25) is 4.79 Å². The van der Waals surface area contributed by atoms with E-state index in [0.29, 0.717) is 6.42 Å². The van der Waals surface area contributed by atoms with Gasteiger partial charge in [-0.1, -0.05) is 25.1 Å². The normalized spacial score (nSPS) is 20.4. The van der Waals surface area contributed by atoms with Crippen LogP contribution in [0.15, 0.2) is 24.3 Å². The maximum absolute atomic E-state index is 12.3. The Morgan fingerprint density at radius 1 is 1.53 bits per heavy atom. The molecule has 0 bridgehead atoms. The highest BCUT2D eigenvalue weighted by Crippen LogP contribution is 2.37. The zero-order valence-electron chi connectivity index (χ0n) is 11.6. The van der Waals surface area contributed by atoms with Crippen LogP contribution in [0.4, 0.5) is 0 Å². The van der Waals surface area contributed by atoms with Crippen LogP contribution in [0.2, 0.25) is 0 Å². The number of methoxy groups -OCH3 is 1. The summed E-state index contributed by atoms with van der Waals surface area (Å²) >= 11 is 0. The molecule has 1 aliphatic rings. The number of carbonyl (C=O) groups is 1. The van der Waals surface area contributed by atoms with Crippen molar-refractivity contribution >= 4 is 5.91 Å². The highest BCUT2D eigenvalue weighted by atomic mass is 16.5. The molecule has 0 aromatic heterocycles. The van der Waals surface area contributed by atoms with Gasteiger partial charge < -0.3 is 15.4 Å². The molecule has 0 radical (unpaired) electrons. The molecule has 1 heterocycles. The molecule has 2 atom stereocenters. The van der Waals surface area contributed by atoms with Crippen molar-refractivity contribution < 1.29 is 9.53 Å². The maximum atomic E-state index is 12.3. The van der Waals surface area contributed by atoms with Gasteiger partial charge in [0.05, 0.1) is 19.2 Å². The van der Waals surface area contributed by atoms with Gasteiger partial charge >= 0.3 is 0 Å². The molecule has 19 heavy (non-hydrogen) atoms. The van der Waals surface area contributed by atoms with Gasteiger partial charge in [-0.15, -0.1) is 0 Å². The lowest BCUT2D eigenvalue weighted by atomic mass is 10.0. The fraction of sp³-hybridized carbons (Fsp3) is 0.533. The Bertz CT molecular complexity index is 448. The summed E-state index contributed by atoms with van der Waals surface area (Å²) in [5.74, 6) is 0.896. The Balaban J connectivity index is 2.25. The molecule has 2 rings (SSSR count). The second kappa shape index (κ2) is 6.06. The van der Waals surface area contributed by atoms with Crippen molar-refractivity contribution in [1.29, 1.82) is 0 Å². The minimum atomic E-state index is -0.393. The second-order valence-electron chi connectivity index (χ2n) is 4.95. The van der Waals surface area contributed by atoms with Crippen molar-refractivity contribution in [2.24, 2.45) is 5.73 Å². The first-order valence-electron chi connectivity index (χ1n) is 6.88. The number of amides is 1. The van der Waals surface area contributed by atoms with Crippen molar-refractivity contribution in [2.45, 2.75) is 38.3 Å². The number of ether oxygens (including phenoxy) is 1. The van der Waals surface area contributed by atoms with Crippen molar-refractivity contribution in [3.63, 3.8) is 0 Å². The van der Waals surface area contributed by atoms with Gasteiger partial charge in [0.25, 0.3) is 0 Å². The molecular formula is C15H22N2O2. The molecule has 0 saturated carbocycles. The van der Waals surface area contributed by atoms with Crippen LogP contribution in [0, 0.1) is 0 Å². The first kappa shape index (κ1) is 13.9. The quantitative estimate of drug-likeness (QED) is 0.904. The van der Waals surface area contributed by atoms with Crippen molar-refractivity contribution in [3.8, 4) is 5.75 Å². The summed E-state index contributed by atoms with van der Waals surface area (Å²) in [5, 5.41) is 0. The lowest BCUT2D eigenvalue weighted by Gasteiger charge is -2.28. The van der Waals surface area contributed by atoms with E-state index in [9.17, 15) is 4.79 Å². The molecule has 0 aliphatic carbocycles. The van der Waals surface area contributed by atoms with Crippen LogP contribution < -0.4 is 10.5 Å². The Hall–Kier alpha value is -1.55.